The molecule has 0 aliphatic rings. The summed E-state index contributed by atoms with van der Waals surface area (Å²) in [5.74, 6) is -1.47. The average molecular weight is 257 g/mol. The van der Waals surface area contributed by atoms with Gasteiger partial charge in [-0.05, 0) is 44.4 Å². The highest BCUT2D eigenvalue weighted by Gasteiger charge is 2.26. The third-order valence-corrected chi connectivity index (χ3v) is 2.74. The van der Waals surface area contributed by atoms with Crippen molar-refractivity contribution in [3.8, 4) is 0 Å². The molecule has 17 heavy (non-hydrogen) atoms. The molecule has 0 spiro atoms. The van der Waals surface area contributed by atoms with Crippen LogP contribution in [0.2, 0.25) is 5.02 Å². The van der Waals surface area contributed by atoms with Crippen LogP contribution in [0.4, 0.5) is 0 Å². The normalized spacial score (nSPS) is 13.4. The molecule has 3 nitrogen and oxygen atoms in total. The van der Waals surface area contributed by atoms with Gasteiger partial charge in [-0.3, -0.25) is 4.79 Å². The largest absolute Gasteiger partial charge is 0.481 e. The molecule has 0 heterocycles. The first-order chi connectivity index (χ1) is 7.78. The smallest absolute Gasteiger partial charge is 0.306 e. The van der Waals surface area contributed by atoms with Gasteiger partial charge in [0.25, 0.3) is 0 Å². The number of carboxylic acid groups (broad SMARTS) is 1. The number of hydrogen-bond acceptors (Lipinski definition) is 2. The molecule has 1 atom stereocenters. The van der Waals surface area contributed by atoms with Crippen LogP contribution >= 0.6 is 11.6 Å². The lowest BCUT2D eigenvalue weighted by Crippen LogP contribution is -2.28. The first-order valence-electron chi connectivity index (χ1n) is 5.47. The molecule has 94 valence electrons. The van der Waals surface area contributed by atoms with Crippen molar-refractivity contribution in [2.75, 3.05) is 0 Å². The summed E-state index contributed by atoms with van der Waals surface area (Å²) in [6.45, 7) is 3.23. The van der Waals surface area contributed by atoms with E-state index in [1.54, 1.807) is 26.0 Å². The fraction of sp³-hybridized carbons (Fsp3) is 0.462. The van der Waals surface area contributed by atoms with E-state index in [0.717, 1.165) is 5.56 Å². The van der Waals surface area contributed by atoms with E-state index in [4.69, 9.17) is 16.7 Å². The van der Waals surface area contributed by atoms with Crippen LogP contribution < -0.4 is 0 Å². The van der Waals surface area contributed by atoms with Gasteiger partial charge in [0, 0.05) is 5.02 Å². The van der Waals surface area contributed by atoms with Gasteiger partial charge in [0.05, 0.1) is 11.5 Å². The van der Waals surface area contributed by atoms with Gasteiger partial charge in [-0.25, -0.2) is 0 Å². The highest BCUT2D eigenvalue weighted by molar-refractivity contribution is 6.30. The van der Waals surface area contributed by atoms with Crippen LogP contribution in [0.25, 0.3) is 0 Å². The van der Waals surface area contributed by atoms with Gasteiger partial charge in [0.1, 0.15) is 0 Å². The molecule has 1 unspecified atom stereocenters. The molecule has 0 bridgehead atoms. The predicted molar refractivity (Wildman–Crippen MR) is 67.2 cm³/mol. The van der Waals surface area contributed by atoms with Crippen molar-refractivity contribution < 1.29 is 15.0 Å². The molecule has 0 amide bonds. The van der Waals surface area contributed by atoms with Gasteiger partial charge in [0.2, 0.25) is 0 Å². The lowest BCUT2D eigenvalue weighted by Gasteiger charge is -2.22. The molecule has 0 aliphatic carbocycles. The molecule has 0 aromatic heterocycles. The Morgan fingerprint density at radius 3 is 2.29 bits per heavy atom. The number of aliphatic hydroxyl groups is 1. The van der Waals surface area contributed by atoms with Crippen molar-refractivity contribution in [3.05, 3.63) is 34.9 Å². The van der Waals surface area contributed by atoms with Crippen LogP contribution in [0.5, 0.6) is 0 Å². The second-order valence-electron chi connectivity index (χ2n) is 4.88. The SMILES string of the molecule is CC(C)(O)CC(Cc1ccc(Cl)cc1)C(=O)O. The van der Waals surface area contributed by atoms with Crippen molar-refractivity contribution >= 4 is 17.6 Å². The van der Waals surface area contributed by atoms with Gasteiger partial charge < -0.3 is 10.2 Å². The van der Waals surface area contributed by atoms with Crippen LogP contribution in [0.3, 0.4) is 0 Å². The summed E-state index contributed by atoms with van der Waals surface area (Å²) in [4.78, 5) is 11.1. The zero-order valence-electron chi connectivity index (χ0n) is 9.98. The molecule has 1 aromatic rings. The summed E-state index contributed by atoms with van der Waals surface area (Å²) in [6.07, 6.45) is 0.626. The third-order valence-electron chi connectivity index (χ3n) is 2.49. The van der Waals surface area contributed by atoms with E-state index in [0.29, 0.717) is 11.4 Å². The van der Waals surface area contributed by atoms with Gasteiger partial charge >= 0.3 is 5.97 Å². The van der Waals surface area contributed by atoms with Crippen LogP contribution in [0, 0.1) is 5.92 Å². The van der Waals surface area contributed by atoms with Gasteiger partial charge in [-0.15, -0.1) is 0 Å². The number of benzene rings is 1. The summed E-state index contributed by atoms with van der Waals surface area (Å²) in [5.41, 5.74) is -0.0683. The van der Waals surface area contributed by atoms with Crippen molar-refractivity contribution in [2.45, 2.75) is 32.3 Å². The lowest BCUT2D eigenvalue weighted by atomic mass is 9.89. The molecule has 0 aliphatic heterocycles. The minimum atomic E-state index is -0.977. The molecule has 1 aromatic carbocycles. The lowest BCUT2D eigenvalue weighted by molar-refractivity contribution is -0.143. The Morgan fingerprint density at radius 2 is 1.88 bits per heavy atom. The summed E-state index contributed by atoms with van der Waals surface area (Å²) >= 11 is 5.76. The maximum absolute atomic E-state index is 11.1. The van der Waals surface area contributed by atoms with E-state index < -0.39 is 17.5 Å². The van der Waals surface area contributed by atoms with Gasteiger partial charge in [-0.1, -0.05) is 23.7 Å². The van der Waals surface area contributed by atoms with E-state index in [2.05, 4.69) is 0 Å². The number of aliphatic carboxylic acids is 1. The second kappa shape index (κ2) is 5.52. The Bertz CT molecular complexity index is 379. The first-order valence-corrected chi connectivity index (χ1v) is 5.85. The summed E-state index contributed by atoms with van der Waals surface area (Å²) in [6, 6.07) is 7.09. The van der Waals surface area contributed by atoms with Crippen LogP contribution in [0.15, 0.2) is 24.3 Å². The minimum Gasteiger partial charge on any atom is -0.481 e. The predicted octanol–water partition coefficient (Wildman–Crippen LogP) is 2.74. The first kappa shape index (κ1) is 14.0. The van der Waals surface area contributed by atoms with Crippen molar-refractivity contribution in [1.82, 2.24) is 0 Å². The summed E-state index contributed by atoms with van der Waals surface area (Å²) in [5, 5.41) is 19.4. The van der Waals surface area contributed by atoms with Crippen molar-refractivity contribution in [3.63, 3.8) is 0 Å². The van der Waals surface area contributed by atoms with Crippen molar-refractivity contribution in [2.24, 2.45) is 5.92 Å². The third kappa shape index (κ3) is 5.20. The molecule has 0 radical (unpaired) electrons. The molecular formula is C13H17ClO3. The second-order valence-corrected chi connectivity index (χ2v) is 5.32. The Hall–Kier alpha value is -1.06. The molecule has 4 heteroatoms. The fourth-order valence-electron chi connectivity index (χ4n) is 1.75. The van der Waals surface area contributed by atoms with Gasteiger partial charge in [-0.2, -0.15) is 0 Å². The standard InChI is InChI=1S/C13H17ClO3/c1-13(2,17)8-10(12(15)16)7-9-3-5-11(14)6-4-9/h3-6,10,17H,7-8H2,1-2H3,(H,15,16). The summed E-state index contributed by atoms with van der Waals surface area (Å²) < 4.78 is 0. The topological polar surface area (TPSA) is 57.5 Å². The maximum Gasteiger partial charge on any atom is 0.306 e. The maximum atomic E-state index is 11.1. The number of halogens is 1. The van der Waals surface area contributed by atoms with Crippen LogP contribution in [0.1, 0.15) is 25.8 Å². The Balaban J connectivity index is 2.73. The molecule has 0 saturated carbocycles. The number of hydrogen-bond donors (Lipinski definition) is 2. The van der Waals surface area contributed by atoms with E-state index in [1.165, 1.54) is 0 Å². The highest BCUT2D eigenvalue weighted by Crippen LogP contribution is 2.21. The Morgan fingerprint density at radius 1 is 1.35 bits per heavy atom. The van der Waals surface area contributed by atoms with E-state index in [-0.39, 0.29) is 6.42 Å². The number of rotatable bonds is 5. The Kier molecular flexibility index (Phi) is 4.54. The molecule has 1 rings (SSSR count). The van der Waals surface area contributed by atoms with Crippen LogP contribution in [-0.4, -0.2) is 21.8 Å². The fourth-order valence-corrected chi connectivity index (χ4v) is 1.88. The zero-order valence-corrected chi connectivity index (χ0v) is 10.7. The number of carboxylic acids is 1. The van der Waals surface area contributed by atoms with E-state index >= 15 is 0 Å². The Labute approximate surface area is 106 Å². The van der Waals surface area contributed by atoms with E-state index in [1.807, 2.05) is 12.1 Å². The summed E-state index contributed by atoms with van der Waals surface area (Å²) in [7, 11) is 0. The monoisotopic (exact) mass is 256 g/mol. The molecular weight excluding hydrogens is 240 g/mol. The highest BCUT2D eigenvalue weighted by atomic mass is 35.5. The quantitative estimate of drug-likeness (QED) is 0.852. The molecule has 0 saturated heterocycles. The number of carbonyl (C=O) groups is 1. The van der Waals surface area contributed by atoms with Gasteiger partial charge in [0.15, 0.2) is 0 Å². The minimum absolute atomic E-state index is 0.227. The molecule has 2 N–H and O–H groups in total. The van der Waals surface area contributed by atoms with Crippen molar-refractivity contribution in [1.29, 1.82) is 0 Å². The van der Waals surface area contributed by atoms with Crippen LogP contribution in [-0.2, 0) is 11.2 Å². The molecule has 0 fully saturated rings. The van der Waals surface area contributed by atoms with E-state index in [9.17, 15) is 9.90 Å². The zero-order chi connectivity index (χ0) is 13.1. The average Bonchev–Trinajstić information content (AvgIpc) is 2.18.